The molecule has 46 heavy (non-hydrogen) atoms. The quantitative estimate of drug-likeness (QED) is 0.121. The van der Waals surface area contributed by atoms with Gasteiger partial charge in [0.15, 0.2) is 11.3 Å². The van der Waals surface area contributed by atoms with Crippen molar-refractivity contribution in [2.75, 3.05) is 0 Å². The lowest BCUT2D eigenvalue weighted by Crippen LogP contribution is -2.52. The van der Waals surface area contributed by atoms with E-state index in [1.807, 2.05) is 16.8 Å². The number of rotatable bonds is 9. The predicted molar refractivity (Wildman–Crippen MR) is 174 cm³/mol. The van der Waals surface area contributed by atoms with E-state index in [1.54, 1.807) is 66.7 Å². The normalized spacial score (nSPS) is 13.1. The van der Waals surface area contributed by atoms with Crippen molar-refractivity contribution in [2.45, 2.75) is 25.2 Å². The van der Waals surface area contributed by atoms with Crippen LogP contribution in [0.4, 0.5) is 13.2 Å². The van der Waals surface area contributed by atoms with Gasteiger partial charge in [-0.05, 0) is 65.6 Å². The number of aromatic nitrogens is 2. The van der Waals surface area contributed by atoms with E-state index in [9.17, 15) is 27.9 Å². The van der Waals surface area contributed by atoms with Crippen molar-refractivity contribution in [2.24, 2.45) is 5.73 Å². The molecule has 0 radical (unpaired) electrons. The third-order valence-electron chi connectivity index (χ3n) is 7.36. The van der Waals surface area contributed by atoms with Crippen molar-refractivity contribution in [3.05, 3.63) is 135 Å². The first-order valence-corrected chi connectivity index (χ1v) is 14.6. The Morgan fingerprint density at radius 3 is 2.24 bits per heavy atom. The molecule has 1 atom stereocenters. The minimum atomic E-state index is -4.43. The molecule has 1 unspecified atom stereocenters. The molecule has 11 heteroatoms. The number of ketones is 1. The number of hydrogen-bond acceptors (Lipinski definition) is 4. The van der Waals surface area contributed by atoms with Gasteiger partial charge in [0.1, 0.15) is 5.82 Å². The summed E-state index contributed by atoms with van der Waals surface area (Å²) in [6, 6.07) is 23.8. The van der Waals surface area contributed by atoms with Crippen LogP contribution in [0.25, 0.3) is 34.5 Å². The number of nitrogens with two attached hydrogens (primary N) is 1. The van der Waals surface area contributed by atoms with E-state index >= 15 is 0 Å². The Morgan fingerprint density at radius 1 is 0.913 bits per heavy atom. The number of aliphatic carboxylic acids is 1. The van der Waals surface area contributed by atoms with Gasteiger partial charge in [-0.25, -0.2) is 9.78 Å². The average Bonchev–Trinajstić information content (AvgIpc) is 3.41. The Kier molecular flexibility index (Phi) is 9.21. The van der Waals surface area contributed by atoms with Crippen LogP contribution in [0.1, 0.15) is 39.8 Å². The van der Waals surface area contributed by atoms with Crippen molar-refractivity contribution in [1.29, 1.82) is 0 Å². The van der Waals surface area contributed by atoms with Crippen molar-refractivity contribution < 1.29 is 27.9 Å². The number of Topliss-reactive ketones (excluding diaryl/α,β-unsaturated/α-hetero) is 1. The molecule has 0 fully saturated rings. The Labute approximate surface area is 272 Å². The fourth-order valence-corrected chi connectivity index (χ4v) is 5.21. The number of benzene rings is 4. The van der Waals surface area contributed by atoms with Gasteiger partial charge in [-0.15, -0.1) is 0 Å². The highest BCUT2D eigenvalue weighted by molar-refractivity contribution is 6.36. The van der Waals surface area contributed by atoms with Gasteiger partial charge in [0.05, 0.1) is 16.3 Å². The summed E-state index contributed by atoms with van der Waals surface area (Å²) in [5.74, 6) is -1.56. The zero-order chi connectivity index (χ0) is 33.2. The average molecular weight is 665 g/mol. The summed E-state index contributed by atoms with van der Waals surface area (Å²) < 4.78 is 41.4. The first-order chi connectivity index (χ1) is 21.7. The molecular weight excluding hydrogens is 638 g/mol. The molecule has 0 saturated carbocycles. The third-order valence-corrected chi connectivity index (χ3v) is 7.91. The molecule has 0 aliphatic heterocycles. The van der Waals surface area contributed by atoms with Crippen molar-refractivity contribution in [3.63, 3.8) is 0 Å². The third kappa shape index (κ3) is 7.23. The predicted octanol–water partition coefficient (Wildman–Crippen LogP) is 8.75. The maximum atomic E-state index is 13.2. The van der Waals surface area contributed by atoms with E-state index in [1.165, 1.54) is 18.2 Å². The van der Waals surface area contributed by atoms with Crippen LogP contribution >= 0.6 is 23.2 Å². The van der Waals surface area contributed by atoms with E-state index in [0.29, 0.717) is 44.8 Å². The summed E-state index contributed by atoms with van der Waals surface area (Å²) in [7, 11) is 0. The van der Waals surface area contributed by atoms with Gasteiger partial charge in [-0.3, -0.25) is 4.79 Å². The van der Waals surface area contributed by atoms with Gasteiger partial charge >= 0.3 is 12.1 Å². The van der Waals surface area contributed by atoms with Gasteiger partial charge in [0.25, 0.3) is 0 Å². The Bertz CT molecular complexity index is 1950. The number of alkyl halides is 3. The summed E-state index contributed by atoms with van der Waals surface area (Å²) in [4.78, 5) is 28.8. The Morgan fingerprint density at radius 2 is 1.61 bits per heavy atom. The molecule has 6 nitrogen and oxygen atoms in total. The smallest absolute Gasteiger partial charge is 0.416 e. The SMILES string of the molecule is CC(N)(C(=O)O)C(=O)c1ccc(Cn2cc(-c3ccc(Cl)cc3Cl)nc2C=Cc2ccc(-c3cccc(C(F)(F)F)c3)cc2)cc1. The number of carbonyl (C=O) groups excluding carboxylic acids is 1. The van der Waals surface area contributed by atoms with Gasteiger partial charge in [-0.2, -0.15) is 13.2 Å². The summed E-state index contributed by atoms with van der Waals surface area (Å²) in [5, 5.41) is 10.2. The second kappa shape index (κ2) is 13.0. The van der Waals surface area contributed by atoms with Crippen LogP contribution < -0.4 is 5.73 Å². The van der Waals surface area contributed by atoms with Crippen LogP contribution in [0.2, 0.25) is 10.0 Å². The first kappa shape index (κ1) is 32.7. The molecule has 0 bridgehead atoms. The van der Waals surface area contributed by atoms with E-state index in [-0.39, 0.29) is 5.56 Å². The second-order valence-corrected chi connectivity index (χ2v) is 11.6. The van der Waals surface area contributed by atoms with Gasteiger partial charge < -0.3 is 15.4 Å². The number of carbonyl (C=O) groups is 2. The standard InChI is InChI=1S/C35H26Cl2F3N3O3/c1-34(41,33(45)46)32(44)24-12-7-22(8-13-24)19-43-20-30(28-15-14-27(36)18-29(28)37)42-31(43)16-9-21-5-10-23(11-6-21)25-3-2-4-26(17-25)35(38,39)40/h2-18,20H,19,41H2,1H3,(H,45,46). The van der Waals surface area contributed by atoms with Crippen LogP contribution in [0.15, 0.2) is 97.2 Å². The highest BCUT2D eigenvalue weighted by atomic mass is 35.5. The van der Waals surface area contributed by atoms with Crippen LogP contribution in [0.5, 0.6) is 0 Å². The lowest BCUT2D eigenvalue weighted by atomic mass is 9.92. The molecule has 5 aromatic rings. The molecule has 0 saturated heterocycles. The zero-order valence-electron chi connectivity index (χ0n) is 24.2. The molecule has 234 valence electrons. The number of carboxylic acids is 1. The fourth-order valence-electron chi connectivity index (χ4n) is 4.70. The molecule has 3 N–H and O–H groups in total. The summed E-state index contributed by atoms with van der Waals surface area (Å²) in [6.07, 6.45) is 1.03. The van der Waals surface area contributed by atoms with Gasteiger partial charge in [-0.1, -0.05) is 89.9 Å². The maximum Gasteiger partial charge on any atom is 0.416 e. The minimum Gasteiger partial charge on any atom is -0.480 e. The number of hydrogen-bond donors (Lipinski definition) is 2. The van der Waals surface area contributed by atoms with Crippen LogP contribution in [0.3, 0.4) is 0 Å². The zero-order valence-corrected chi connectivity index (χ0v) is 25.7. The largest absolute Gasteiger partial charge is 0.480 e. The van der Waals surface area contributed by atoms with E-state index in [2.05, 4.69) is 0 Å². The Balaban J connectivity index is 1.43. The maximum absolute atomic E-state index is 13.2. The van der Waals surface area contributed by atoms with Crippen LogP contribution in [-0.2, 0) is 17.5 Å². The van der Waals surface area contributed by atoms with Crippen molar-refractivity contribution >= 4 is 47.1 Å². The number of halogens is 5. The monoisotopic (exact) mass is 663 g/mol. The van der Waals surface area contributed by atoms with E-state index in [4.69, 9.17) is 33.9 Å². The molecule has 0 aliphatic carbocycles. The molecule has 0 amide bonds. The van der Waals surface area contributed by atoms with Gasteiger partial charge in [0.2, 0.25) is 0 Å². The van der Waals surface area contributed by atoms with E-state index < -0.39 is 29.0 Å². The summed E-state index contributed by atoms with van der Waals surface area (Å²) >= 11 is 12.6. The molecule has 1 heterocycles. The van der Waals surface area contributed by atoms with Crippen LogP contribution in [0, 0.1) is 0 Å². The van der Waals surface area contributed by atoms with Crippen molar-refractivity contribution in [3.8, 4) is 22.4 Å². The molecule has 1 aromatic heterocycles. The highest BCUT2D eigenvalue weighted by Gasteiger charge is 2.37. The molecule has 5 rings (SSSR count). The summed E-state index contributed by atoms with van der Waals surface area (Å²) in [5.41, 5.74) is 7.07. The Hall–Kier alpha value is -4.70. The lowest BCUT2D eigenvalue weighted by Gasteiger charge is -2.17. The molecule has 4 aromatic carbocycles. The second-order valence-electron chi connectivity index (χ2n) is 10.8. The van der Waals surface area contributed by atoms with Crippen LogP contribution in [-0.4, -0.2) is 31.9 Å². The highest BCUT2D eigenvalue weighted by Crippen LogP contribution is 2.33. The number of nitrogens with zero attached hydrogens (tertiary/aromatic N) is 2. The number of imidazole rings is 1. The van der Waals surface area contributed by atoms with Crippen molar-refractivity contribution in [1.82, 2.24) is 9.55 Å². The topological polar surface area (TPSA) is 98.2 Å². The summed E-state index contributed by atoms with van der Waals surface area (Å²) in [6.45, 7) is 1.50. The molecule has 0 aliphatic rings. The minimum absolute atomic E-state index is 0.170. The fraction of sp³-hybridized carbons (Fsp3) is 0.114. The molecule has 0 spiro atoms. The molecular formula is C35H26Cl2F3N3O3. The lowest BCUT2D eigenvalue weighted by molar-refractivity contribution is -0.140. The van der Waals surface area contributed by atoms with Gasteiger partial charge in [0, 0.05) is 28.9 Å². The number of carboxylic acid groups (broad SMARTS) is 1. The first-order valence-electron chi connectivity index (χ1n) is 13.9. The van der Waals surface area contributed by atoms with E-state index in [0.717, 1.165) is 30.2 Å².